The lowest BCUT2D eigenvalue weighted by Gasteiger charge is -2.41. The smallest absolute Gasteiger partial charge is 0.0955 e. The van der Waals surface area contributed by atoms with Crippen molar-refractivity contribution in [2.75, 3.05) is 0 Å². The molecular formula is C63H51BS2. The highest BCUT2D eigenvalue weighted by molar-refractivity contribution is 8.04. The molecular weight excluding hydrogens is 832 g/mol. The quantitative estimate of drug-likeness (QED) is 0.116. The summed E-state index contributed by atoms with van der Waals surface area (Å²) >= 11 is 3.99. The standard InChI is InChI=1S/C63H51BS2/c1-40-33-56-54(39-52(40)63(4,5)46-25-13-8-14-26-46)64-53-31-19-20-32-55(53)65-57-37-43(38-58(66-56)61(57)64)42-34-44(36-47(35-42)62(2,3)45-23-11-7-12-24-45)60-50-29-17-15-27-48(50)59(41-21-9-6-10-22-41)49-28-16-18-30-51(49)60/h6-32,34-40H,33H2,1-5H3. The van der Waals surface area contributed by atoms with Gasteiger partial charge in [0.2, 0.25) is 6.71 Å². The Morgan fingerprint density at radius 3 is 1.55 bits per heavy atom. The van der Waals surface area contributed by atoms with Crippen molar-refractivity contribution in [1.29, 1.82) is 0 Å². The molecule has 1 aliphatic carbocycles. The van der Waals surface area contributed by atoms with Gasteiger partial charge in [0.25, 0.3) is 0 Å². The summed E-state index contributed by atoms with van der Waals surface area (Å²) in [5, 5.41) is 5.10. The molecule has 0 radical (unpaired) electrons. The second kappa shape index (κ2) is 16.0. The number of hydrogen-bond donors (Lipinski definition) is 0. The molecule has 0 N–H and O–H groups in total. The third-order valence-corrected chi connectivity index (χ3v) is 17.4. The molecule has 0 bridgehead atoms. The van der Waals surface area contributed by atoms with E-state index in [2.05, 4.69) is 235 Å². The lowest BCUT2D eigenvalue weighted by molar-refractivity contribution is 0.512. The first-order valence-electron chi connectivity index (χ1n) is 23.5. The molecule has 0 spiro atoms. The molecule has 1 atom stereocenters. The highest BCUT2D eigenvalue weighted by atomic mass is 32.2. The maximum Gasteiger partial charge on any atom is 0.246 e. The van der Waals surface area contributed by atoms with Crippen molar-refractivity contribution in [2.45, 2.75) is 66.6 Å². The molecule has 2 aliphatic heterocycles. The molecule has 2 heterocycles. The van der Waals surface area contributed by atoms with E-state index in [1.807, 2.05) is 23.5 Å². The van der Waals surface area contributed by atoms with Gasteiger partial charge in [0, 0.05) is 25.5 Å². The van der Waals surface area contributed by atoms with Crippen molar-refractivity contribution in [3.63, 3.8) is 0 Å². The number of hydrogen-bond acceptors (Lipinski definition) is 2. The largest absolute Gasteiger partial charge is 0.246 e. The molecule has 1 unspecified atom stereocenters. The van der Waals surface area contributed by atoms with Gasteiger partial charge in [0.15, 0.2) is 0 Å². The molecule has 0 saturated heterocycles. The minimum absolute atomic E-state index is 0.0749. The van der Waals surface area contributed by atoms with Gasteiger partial charge >= 0.3 is 0 Å². The molecule has 9 aromatic rings. The van der Waals surface area contributed by atoms with E-state index in [4.69, 9.17) is 0 Å². The van der Waals surface area contributed by atoms with Gasteiger partial charge in [-0.2, -0.15) is 0 Å². The fourth-order valence-corrected chi connectivity index (χ4v) is 14.2. The van der Waals surface area contributed by atoms with E-state index >= 15 is 0 Å². The van der Waals surface area contributed by atoms with Crippen LogP contribution in [0.2, 0.25) is 0 Å². The summed E-state index contributed by atoms with van der Waals surface area (Å²) in [6, 6.07) is 73.0. The molecule has 66 heavy (non-hydrogen) atoms. The molecule has 3 heteroatoms. The first-order chi connectivity index (χ1) is 32.1. The zero-order valence-corrected chi connectivity index (χ0v) is 39.9. The number of allylic oxidation sites excluding steroid dienone is 4. The van der Waals surface area contributed by atoms with Crippen LogP contribution in [0.4, 0.5) is 0 Å². The van der Waals surface area contributed by atoms with Crippen LogP contribution in [0.15, 0.2) is 231 Å². The summed E-state index contributed by atoms with van der Waals surface area (Å²) in [6.45, 7) is 12.3. The first-order valence-corrected chi connectivity index (χ1v) is 25.1. The molecule has 12 rings (SSSR count). The molecule has 0 aromatic heterocycles. The third kappa shape index (κ3) is 6.69. The van der Waals surface area contributed by atoms with Crippen LogP contribution in [-0.2, 0) is 10.8 Å². The van der Waals surface area contributed by atoms with Crippen LogP contribution in [0.5, 0.6) is 0 Å². The average Bonchev–Trinajstić information content (AvgIpc) is 3.35. The van der Waals surface area contributed by atoms with E-state index in [0.717, 1.165) is 6.42 Å². The summed E-state index contributed by atoms with van der Waals surface area (Å²) in [6.07, 6.45) is 3.68. The summed E-state index contributed by atoms with van der Waals surface area (Å²) < 4.78 is 0. The van der Waals surface area contributed by atoms with Crippen molar-refractivity contribution in [2.24, 2.45) is 5.92 Å². The first kappa shape index (κ1) is 41.2. The van der Waals surface area contributed by atoms with Crippen LogP contribution in [0.1, 0.15) is 57.7 Å². The van der Waals surface area contributed by atoms with E-state index < -0.39 is 0 Å². The molecule has 9 aromatic carbocycles. The van der Waals surface area contributed by atoms with Gasteiger partial charge in [-0.05, 0) is 119 Å². The fraction of sp³-hybridized carbons (Fsp3) is 0.143. The van der Waals surface area contributed by atoms with E-state index in [9.17, 15) is 0 Å². The second-order valence-corrected chi connectivity index (χ2v) is 21.9. The van der Waals surface area contributed by atoms with E-state index in [1.54, 1.807) is 0 Å². The average molecular weight is 883 g/mol. The maximum atomic E-state index is 2.63. The van der Waals surface area contributed by atoms with Crippen LogP contribution in [0.3, 0.4) is 0 Å². The Balaban J connectivity index is 1.08. The van der Waals surface area contributed by atoms with Gasteiger partial charge < -0.3 is 0 Å². The molecule has 3 aliphatic rings. The normalized spacial score (nSPS) is 15.6. The molecule has 0 saturated carbocycles. The summed E-state index contributed by atoms with van der Waals surface area (Å²) in [5.41, 5.74) is 17.2. The molecule has 0 fully saturated rings. The van der Waals surface area contributed by atoms with Gasteiger partial charge in [0.05, 0.1) is 0 Å². The Labute approximate surface area is 399 Å². The van der Waals surface area contributed by atoms with E-state index in [1.165, 1.54) is 113 Å². The Morgan fingerprint density at radius 1 is 0.439 bits per heavy atom. The van der Waals surface area contributed by atoms with Gasteiger partial charge in [0.1, 0.15) is 0 Å². The minimum atomic E-state index is -0.257. The van der Waals surface area contributed by atoms with Gasteiger partial charge in [-0.15, -0.1) is 0 Å². The summed E-state index contributed by atoms with van der Waals surface area (Å²) in [7, 11) is 0. The van der Waals surface area contributed by atoms with E-state index in [-0.39, 0.29) is 17.5 Å². The maximum absolute atomic E-state index is 2.63. The van der Waals surface area contributed by atoms with Crippen LogP contribution >= 0.6 is 23.5 Å². The highest BCUT2D eigenvalue weighted by Crippen LogP contribution is 2.52. The summed E-state index contributed by atoms with van der Waals surface area (Å²) in [5.74, 6) is 0.432. The van der Waals surface area contributed by atoms with Crippen molar-refractivity contribution in [3.8, 4) is 33.4 Å². The zero-order chi connectivity index (χ0) is 44.7. The minimum Gasteiger partial charge on any atom is -0.0955 e. The number of fused-ring (bicyclic) bond motifs is 5. The van der Waals surface area contributed by atoms with Crippen molar-refractivity contribution < 1.29 is 0 Å². The van der Waals surface area contributed by atoms with Gasteiger partial charge in [-0.3, -0.25) is 0 Å². The molecule has 0 amide bonds. The van der Waals surface area contributed by atoms with E-state index in [0.29, 0.717) is 5.92 Å². The lowest BCUT2D eigenvalue weighted by atomic mass is 9.35. The predicted molar refractivity (Wildman–Crippen MR) is 286 cm³/mol. The van der Waals surface area contributed by atoms with Crippen LogP contribution in [0, 0.1) is 5.92 Å². The predicted octanol–water partition coefficient (Wildman–Crippen LogP) is 16.2. The van der Waals surface area contributed by atoms with Crippen molar-refractivity contribution >= 4 is 62.7 Å². The fourth-order valence-electron chi connectivity index (χ4n) is 11.5. The Morgan fingerprint density at radius 2 is 0.924 bits per heavy atom. The highest BCUT2D eigenvalue weighted by Gasteiger charge is 2.43. The number of thioether (sulfide) groups is 1. The zero-order valence-electron chi connectivity index (χ0n) is 38.2. The number of rotatable bonds is 7. The Kier molecular flexibility index (Phi) is 9.97. The van der Waals surface area contributed by atoms with Crippen LogP contribution in [0.25, 0.3) is 54.9 Å². The van der Waals surface area contributed by atoms with Gasteiger partial charge in [-0.1, -0.05) is 251 Å². The van der Waals surface area contributed by atoms with Crippen molar-refractivity contribution in [1.82, 2.24) is 0 Å². The van der Waals surface area contributed by atoms with Crippen LogP contribution < -0.4 is 10.9 Å². The molecule has 0 nitrogen and oxygen atoms in total. The second-order valence-electron chi connectivity index (χ2n) is 19.6. The van der Waals surface area contributed by atoms with Gasteiger partial charge in [-0.25, -0.2) is 0 Å². The molecule has 318 valence electrons. The third-order valence-electron chi connectivity index (χ3n) is 15.0. The SMILES string of the molecule is CC1CC2=C(C=C1C(C)(C)c1ccccc1)B1c3ccccc3Sc3cc(-c4cc(-c5c6ccccc6c(-c6ccccc6)c6ccccc56)cc(C(C)(C)c5ccccc5)c4)cc(c31)S2. The lowest BCUT2D eigenvalue weighted by Crippen LogP contribution is -2.51. The summed E-state index contributed by atoms with van der Waals surface area (Å²) in [4.78, 5) is 5.66. The van der Waals surface area contributed by atoms with Crippen molar-refractivity contribution in [3.05, 3.63) is 233 Å². The topological polar surface area (TPSA) is 0 Å². The Bertz CT molecular complexity index is 3400. The monoisotopic (exact) mass is 882 g/mol. The van der Waals surface area contributed by atoms with Crippen LogP contribution in [-0.4, -0.2) is 6.71 Å². The number of benzene rings is 9. The Hall–Kier alpha value is -6.26.